The summed E-state index contributed by atoms with van der Waals surface area (Å²) in [6.45, 7) is 12.1. The van der Waals surface area contributed by atoms with Gasteiger partial charge in [-0.2, -0.15) is 0 Å². The average Bonchev–Trinajstić information content (AvgIpc) is 3.35. The number of aryl methyl sites for hydroxylation is 2. The van der Waals surface area contributed by atoms with E-state index < -0.39 is 12.1 Å². The van der Waals surface area contributed by atoms with E-state index >= 15 is 0 Å². The Labute approximate surface area is 209 Å². The third-order valence-corrected chi connectivity index (χ3v) is 6.60. The molecular formula is C30H28N2O4. The van der Waals surface area contributed by atoms with E-state index in [9.17, 15) is 9.59 Å². The molecule has 1 aliphatic heterocycles. The summed E-state index contributed by atoms with van der Waals surface area (Å²) >= 11 is 0. The van der Waals surface area contributed by atoms with E-state index in [-0.39, 0.29) is 5.78 Å². The van der Waals surface area contributed by atoms with Crippen LogP contribution in [0.5, 0.6) is 5.75 Å². The van der Waals surface area contributed by atoms with Gasteiger partial charge in [0, 0.05) is 47.5 Å². The average molecular weight is 481 g/mol. The molecular weight excluding hydrogens is 452 g/mol. The third kappa shape index (κ3) is 3.88. The summed E-state index contributed by atoms with van der Waals surface area (Å²) in [6, 6.07) is 17.5. The molecule has 5 rings (SSSR count). The molecule has 0 saturated heterocycles. The Bertz CT molecular complexity index is 1590. The second kappa shape index (κ2) is 9.11. The van der Waals surface area contributed by atoms with Crippen molar-refractivity contribution >= 4 is 39.3 Å². The van der Waals surface area contributed by atoms with Gasteiger partial charge in [0.2, 0.25) is 0 Å². The fourth-order valence-electron chi connectivity index (χ4n) is 5.00. The molecule has 0 aliphatic carbocycles. The van der Waals surface area contributed by atoms with Crippen LogP contribution in [-0.2, 0) is 16.2 Å². The minimum absolute atomic E-state index is 0.0156. The van der Waals surface area contributed by atoms with Crippen LogP contribution in [0.2, 0.25) is 0 Å². The molecule has 0 radical (unpaired) electrons. The normalized spacial score (nSPS) is 15.8. The highest BCUT2D eigenvalue weighted by Gasteiger charge is 2.34. The molecule has 36 heavy (non-hydrogen) atoms. The van der Waals surface area contributed by atoms with Crippen molar-refractivity contribution < 1.29 is 19.2 Å². The number of oxime groups is 1. The van der Waals surface area contributed by atoms with E-state index in [1.807, 2.05) is 68.4 Å². The summed E-state index contributed by atoms with van der Waals surface area (Å²) in [4.78, 5) is 29.9. The number of carbonyl (C=O) groups excluding carboxylic acids is 2. The van der Waals surface area contributed by atoms with Crippen molar-refractivity contribution in [1.29, 1.82) is 0 Å². The van der Waals surface area contributed by atoms with Gasteiger partial charge in [-0.1, -0.05) is 41.6 Å². The minimum Gasteiger partial charge on any atom is -0.482 e. The number of benzene rings is 3. The Morgan fingerprint density at radius 1 is 1.08 bits per heavy atom. The summed E-state index contributed by atoms with van der Waals surface area (Å²) in [6.07, 6.45) is 0.124. The largest absolute Gasteiger partial charge is 0.482 e. The molecule has 4 aromatic rings. The number of ketones is 1. The molecule has 6 nitrogen and oxygen atoms in total. The predicted molar refractivity (Wildman–Crippen MR) is 142 cm³/mol. The first-order chi connectivity index (χ1) is 17.3. The molecule has 6 heteroatoms. The number of hydrogen-bond donors (Lipinski definition) is 0. The number of carbonyl (C=O) groups is 2. The van der Waals surface area contributed by atoms with Crippen molar-refractivity contribution in [2.75, 3.05) is 0 Å². The fourth-order valence-corrected chi connectivity index (χ4v) is 5.00. The van der Waals surface area contributed by atoms with Crippen molar-refractivity contribution in [2.45, 2.75) is 46.8 Å². The van der Waals surface area contributed by atoms with Crippen molar-refractivity contribution in [2.24, 2.45) is 5.16 Å². The smallest absolute Gasteiger partial charge is 0.331 e. The Morgan fingerprint density at radius 3 is 2.53 bits per heavy atom. The summed E-state index contributed by atoms with van der Waals surface area (Å²) in [5, 5.41) is 6.00. The lowest BCUT2D eigenvalue weighted by molar-refractivity contribution is -0.140. The number of hydrogen-bond acceptors (Lipinski definition) is 5. The van der Waals surface area contributed by atoms with Crippen LogP contribution in [0.1, 0.15) is 54.2 Å². The maximum absolute atomic E-state index is 13.4. The van der Waals surface area contributed by atoms with Gasteiger partial charge in [0.15, 0.2) is 5.78 Å². The molecule has 3 aromatic carbocycles. The van der Waals surface area contributed by atoms with Gasteiger partial charge in [0.1, 0.15) is 17.6 Å². The summed E-state index contributed by atoms with van der Waals surface area (Å²) < 4.78 is 8.68. The van der Waals surface area contributed by atoms with Crippen LogP contribution in [0.4, 0.5) is 0 Å². The summed E-state index contributed by atoms with van der Waals surface area (Å²) in [5.74, 6) is 0.175. The van der Waals surface area contributed by atoms with Gasteiger partial charge in [-0.3, -0.25) is 4.79 Å². The Kier molecular flexibility index (Phi) is 5.96. The van der Waals surface area contributed by atoms with Gasteiger partial charge < -0.3 is 14.1 Å². The minimum atomic E-state index is -0.493. The third-order valence-electron chi connectivity index (χ3n) is 6.60. The van der Waals surface area contributed by atoms with Crippen molar-refractivity contribution in [1.82, 2.24) is 4.57 Å². The van der Waals surface area contributed by atoms with Gasteiger partial charge in [0.05, 0.1) is 10.9 Å². The van der Waals surface area contributed by atoms with Crippen LogP contribution in [-0.4, -0.2) is 28.1 Å². The molecule has 1 unspecified atom stereocenters. The Hall–Kier alpha value is -4.19. The zero-order valence-electron chi connectivity index (χ0n) is 20.9. The number of aromatic nitrogens is 1. The van der Waals surface area contributed by atoms with Crippen LogP contribution in [0.15, 0.2) is 71.9 Å². The Balaban J connectivity index is 1.74. The van der Waals surface area contributed by atoms with Crippen LogP contribution in [0.25, 0.3) is 21.8 Å². The van der Waals surface area contributed by atoms with Gasteiger partial charge in [0.25, 0.3) is 0 Å². The maximum Gasteiger partial charge on any atom is 0.331 e. The predicted octanol–water partition coefficient (Wildman–Crippen LogP) is 6.35. The molecule has 1 aromatic heterocycles. The first-order valence-corrected chi connectivity index (χ1v) is 12.1. The molecule has 0 spiro atoms. The zero-order valence-corrected chi connectivity index (χ0v) is 20.9. The highest BCUT2D eigenvalue weighted by Crippen LogP contribution is 2.43. The standard InChI is InChI=1S/C30H28N2O4/c1-6-32-24-13-11-20(29(34)21-10-8-7-9-18(21)4)16-23(24)27-25(32)14-12-22-28(31-36-19(5)33)26(15-17(2)3)35-30(22)27/h7-14,16,26H,2,6,15H2,1,3-5H3/b31-28-. The van der Waals surface area contributed by atoms with E-state index in [1.54, 1.807) is 0 Å². The molecule has 0 saturated carbocycles. The van der Waals surface area contributed by atoms with Crippen LogP contribution in [0.3, 0.4) is 0 Å². The van der Waals surface area contributed by atoms with Crippen molar-refractivity contribution in [3.05, 3.63) is 89.0 Å². The summed E-state index contributed by atoms with van der Waals surface area (Å²) in [5.41, 5.74) is 6.56. The van der Waals surface area contributed by atoms with E-state index in [0.29, 0.717) is 29.0 Å². The van der Waals surface area contributed by atoms with E-state index in [0.717, 1.165) is 45.1 Å². The van der Waals surface area contributed by atoms with E-state index in [1.165, 1.54) is 6.92 Å². The topological polar surface area (TPSA) is 69.9 Å². The monoisotopic (exact) mass is 480 g/mol. The lowest BCUT2D eigenvalue weighted by Crippen LogP contribution is -2.22. The Morgan fingerprint density at radius 2 is 1.83 bits per heavy atom. The zero-order chi connectivity index (χ0) is 25.6. The van der Waals surface area contributed by atoms with Crippen molar-refractivity contribution in [3.8, 4) is 5.75 Å². The van der Waals surface area contributed by atoms with Crippen LogP contribution < -0.4 is 4.74 Å². The fraction of sp³-hybridized carbons (Fsp3) is 0.233. The van der Waals surface area contributed by atoms with Gasteiger partial charge in [-0.05, 0) is 56.7 Å². The molecule has 182 valence electrons. The van der Waals surface area contributed by atoms with Crippen LogP contribution in [0, 0.1) is 6.92 Å². The van der Waals surface area contributed by atoms with Gasteiger partial charge >= 0.3 is 5.97 Å². The van der Waals surface area contributed by atoms with Gasteiger partial charge in [-0.15, -0.1) is 0 Å². The molecule has 0 N–H and O–H groups in total. The molecule has 0 amide bonds. The first-order valence-electron chi connectivity index (χ1n) is 12.1. The molecule has 1 atom stereocenters. The second-order valence-corrected chi connectivity index (χ2v) is 9.28. The lowest BCUT2D eigenvalue weighted by Gasteiger charge is -2.11. The molecule has 0 bridgehead atoms. The van der Waals surface area contributed by atoms with Crippen LogP contribution >= 0.6 is 0 Å². The van der Waals surface area contributed by atoms with Gasteiger partial charge in [-0.25, -0.2) is 4.79 Å². The maximum atomic E-state index is 13.4. The van der Waals surface area contributed by atoms with Crippen molar-refractivity contribution in [3.63, 3.8) is 0 Å². The number of nitrogens with zero attached hydrogens (tertiary/aromatic N) is 2. The lowest BCUT2D eigenvalue weighted by atomic mass is 9.97. The molecule has 0 fully saturated rings. The van der Waals surface area contributed by atoms with E-state index in [2.05, 4.69) is 23.2 Å². The number of rotatable bonds is 6. The summed E-state index contributed by atoms with van der Waals surface area (Å²) in [7, 11) is 0. The first kappa shape index (κ1) is 23.5. The SMILES string of the molecule is C=C(C)CC1Oc2c(ccc3c2c2cc(C(=O)c4ccccc4C)ccc2n3CC)/C1=N/OC(C)=O. The number of fused-ring (bicyclic) bond motifs is 5. The quantitative estimate of drug-likeness (QED) is 0.140. The highest BCUT2D eigenvalue weighted by molar-refractivity contribution is 6.20. The highest BCUT2D eigenvalue weighted by atomic mass is 16.7. The molecule has 1 aliphatic rings. The molecule has 2 heterocycles. The van der Waals surface area contributed by atoms with E-state index in [4.69, 9.17) is 9.57 Å². The number of ether oxygens (including phenoxy) is 1. The second-order valence-electron chi connectivity index (χ2n) is 9.28.